The van der Waals surface area contributed by atoms with E-state index in [1.807, 2.05) is 0 Å². The third-order valence-electron chi connectivity index (χ3n) is 1.13. The van der Waals surface area contributed by atoms with E-state index in [1.54, 1.807) is 0 Å². The molecule has 0 aromatic rings. The largest absolute Gasteiger partial charge is 0.330 e. The molecule has 0 aliphatic rings. The zero-order valence-electron chi connectivity index (χ0n) is 6.06. The first-order chi connectivity index (χ1) is 4.31. The third-order valence-corrected chi connectivity index (χ3v) is 1.13. The Morgan fingerprint density at radius 2 is 2.22 bits per heavy atom. The first kappa shape index (κ1) is 8.88. The summed E-state index contributed by atoms with van der Waals surface area (Å²) < 4.78 is 0. The summed E-state index contributed by atoms with van der Waals surface area (Å²) in [6.45, 7) is 3.77. The van der Waals surface area contributed by atoms with Crippen LogP contribution in [-0.4, -0.2) is 19.3 Å². The van der Waals surface area contributed by atoms with Crippen LogP contribution in [0.5, 0.6) is 0 Å². The molecule has 0 amide bonds. The molecule has 0 aliphatic carbocycles. The lowest BCUT2D eigenvalue weighted by Crippen LogP contribution is -2.39. The van der Waals surface area contributed by atoms with Crippen LogP contribution in [0.4, 0.5) is 0 Å². The summed E-state index contributed by atoms with van der Waals surface area (Å²) in [4.78, 5) is 0. The van der Waals surface area contributed by atoms with E-state index >= 15 is 0 Å². The van der Waals surface area contributed by atoms with E-state index in [4.69, 9.17) is 11.5 Å². The van der Waals surface area contributed by atoms with E-state index in [0.29, 0.717) is 6.54 Å². The SMILES string of the molecule is CCCNC(N)CCN. The molecular weight excluding hydrogens is 114 g/mol. The van der Waals surface area contributed by atoms with Crippen molar-refractivity contribution in [2.75, 3.05) is 13.1 Å². The van der Waals surface area contributed by atoms with Crippen LogP contribution in [0.1, 0.15) is 19.8 Å². The Morgan fingerprint density at radius 3 is 2.67 bits per heavy atom. The standard InChI is InChI=1S/C6H17N3/c1-2-5-9-6(8)3-4-7/h6,9H,2-5,7-8H2,1H3. The summed E-state index contributed by atoms with van der Waals surface area (Å²) in [5.74, 6) is 0. The summed E-state index contributed by atoms with van der Waals surface area (Å²) >= 11 is 0. The maximum atomic E-state index is 5.58. The van der Waals surface area contributed by atoms with Crippen molar-refractivity contribution >= 4 is 0 Å². The number of hydrogen-bond donors (Lipinski definition) is 3. The molecule has 0 spiro atoms. The third kappa shape index (κ3) is 5.76. The molecule has 56 valence electrons. The fourth-order valence-corrected chi connectivity index (χ4v) is 0.611. The van der Waals surface area contributed by atoms with Gasteiger partial charge in [-0.1, -0.05) is 6.92 Å². The molecule has 3 heteroatoms. The Labute approximate surface area is 56.8 Å². The molecular formula is C6H17N3. The number of rotatable bonds is 5. The highest BCUT2D eigenvalue weighted by molar-refractivity contribution is 4.57. The molecule has 1 unspecified atom stereocenters. The Kier molecular flexibility index (Phi) is 5.93. The molecule has 0 saturated heterocycles. The first-order valence-corrected chi connectivity index (χ1v) is 3.50. The van der Waals surface area contributed by atoms with Crippen molar-refractivity contribution in [2.45, 2.75) is 25.9 Å². The van der Waals surface area contributed by atoms with Gasteiger partial charge in [-0.2, -0.15) is 0 Å². The lowest BCUT2D eigenvalue weighted by atomic mass is 10.3. The monoisotopic (exact) mass is 131 g/mol. The summed E-state index contributed by atoms with van der Waals surface area (Å²) in [5.41, 5.74) is 10.9. The number of nitrogens with one attached hydrogen (secondary N) is 1. The highest BCUT2D eigenvalue weighted by Gasteiger charge is 1.95. The summed E-state index contributed by atoms with van der Waals surface area (Å²) in [7, 11) is 0. The van der Waals surface area contributed by atoms with Gasteiger partial charge in [-0.25, -0.2) is 0 Å². The van der Waals surface area contributed by atoms with Crippen LogP contribution in [-0.2, 0) is 0 Å². The average molecular weight is 131 g/mol. The van der Waals surface area contributed by atoms with E-state index in [0.717, 1.165) is 19.4 Å². The molecule has 0 bridgehead atoms. The summed E-state index contributed by atoms with van der Waals surface area (Å²) in [5, 5.41) is 3.13. The predicted molar refractivity (Wildman–Crippen MR) is 39.9 cm³/mol. The van der Waals surface area contributed by atoms with Crippen LogP contribution in [0.2, 0.25) is 0 Å². The molecule has 0 rings (SSSR count). The molecule has 0 fully saturated rings. The van der Waals surface area contributed by atoms with E-state index in [2.05, 4.69) is 12.2 Å². The Hall–Kier alpha value is -0.120. The maximum Gasteiger partial charge on any atom is 0.0558 e. The van der Waals surface area contributed by atoms with Crippen molar-refractivity contribution in [2.24, 2.45) is 11.5 Å². The normalized spacial score (nSPS) is 13.7. The van der Waals surface area contributed by atoms with Crippen LogP contribution >= 0.6 is 0 Å². The topological polar surface area (TPSA) is 64.1 Å². The summed E-state index contributed by atoms with van der Waals surface area (Å²) in [6.07, 6.45) is 2.08. The lowest BCUT2D eigenvalue weighted by molar-refractivity contribution is 0.500. The van der Waals surface area contributed by atoms with E-state index < -0.39 is 0 Å². The van der Waals surface area contributed by atoms with Crippen LogP contribution in [0.25, 0.3) is 0 Å². The minimum Gasteiger partial charge on any atom is -0.330 e. The Morgan fingerprint density at radius 1 is 1.56 bits per heavy atom. The lowest BCUT2D eigenvalue weighted by Gasteiger charge is -2.10. The molecule has 5 N–H and O–H groups in total. The smallest absolute Gasteiger partial charge is 0.0558 e. The highest BCUT2D eigenvalue weighted by Crippen LogP contribution is 1.79. The van der Waals surface area contributed by atoms with Crippen molar-refractivity contribution in [3.05, 3.63) is 0 Å². The Bertz CT molecular complexity index is 56.3. The van der Waals surface area contributed by atoms with Crippen molar-refractivity contribution < 1.29 is 0 Å². The van der Waals surface area contributed by atoms with Crippen LogP contribution < -0.4 is 16.8 Å². The van der Waals surface area contributed by atoms with Crippen molar-refractivity contribution in [3.8, 4) is 0 Å². The maximum absolute atomic E-state index is 5.58. The molecule has 0 radical (unpaired) electrons. The van der Waals surface area contributed by atoms with Gasteiger partial charge in [-0.15, -0.1) is 0 Å². The summed E-state index contributed by atoms with van der Waals surface area (Å²) in [6, 6.07) is 0. The molecule has 0 heterocycles. The number of nitrogens with two attached hydrogens (primary N) is 2. The number of hydrogen-bond acceptors (Lipinski definition) is 3. The minimum atomic E-state index is 0.0925. The first-order valence-electron chi connectivity index (χ1n) is 3.50. The van der Waals surface area contributed by atoms with Crippen LogP contribution in [0, 0.1) is 0 Å². The van der Waals surface area contributed by atoms with Gasteiger partial charge in [-0.05, 0) is 25.9 Å². The molecule has 0 aliphatic heterocycles. The molecule has 3 nitrogen and oxygen atoms in total. The van der Waals surface area contributed by atoms with Gasteiger partial charge >= 0.3 is 0 Å². The minimum absolute atomic E-state index is 0.0925. The van der Waals surface area contributed by atoms with Gasteiger partial charge in [0.05, 0.1) is 6.17 Å². The fourth-order valence-electron chi connectivity index (χ4n) is 0.611. The second-order valence-corrected chi connectivity index (χ2v) is 2.14. The second-order valence-electron chi connectivity index (χ2n) is 2.14. The van der Waals surface area contributed by atoms with Gasteiger partial charge < -0.3 is 16.8 Å². The average Bonchev–Trinajstić information content (AvgIpc) is 1.85. The van der Waals surface area contributed by atoms with Crippen LogP contribution in [0.15, 0.2) is 0 Å². The zero-order chi connectivity index (χ0) is 7.11. The van der Waals surface area contributed by atoms with Gasteiger partial charge in [0, 0.05) is 0 Å². The molecule has 0 aromatic carbocycles. The quantitative estimate of drug-likeness (QED) is 0.446. The molecule has 1 atom stereocenters. The van der Waals surface area contributed by atoms with E-state index in [-0.39, 0.29) is 6.17 Å². The van der Waals surface area contributed by atoms with Gasteiger partial charge in [0.1, 0.15) is 0 Å². The van der Waals surface area contributed by atoms with Crippen molar-refractivity contribution in [3.63, 3.8) is 0 Å². The van der Waals surface area contributed by atoms with Gasteiger partial charge in [0.15, 0.2) is 0 Å². The Balaban J connectivity index is 2.95. The zero-order valence-corrected chi connectivity index (χ0v) is 6.06. The highest BCUT2D eigenvalue weighted by atomic mass is 15.0. The molecule has 0 saturated carbocycles. The molecule has 9 heavy (non-hydrogen) atoms. The van der Waals surface area contributed by atoms with Crippen LogP contribution in [0.3, 0.4) is 0 Å². The van der Waals surface area contributed by atoms with Gasteiger partial charge in [-0.3, -0.25) is 0 Å². The molecule has 0 aromatic heterocycles. The van der Waals surface area contributed by atoms with E-state index in [1.165, 1.54) is 0 Å². The second kappa shape index (κ2) is 6.01. The predicted octanol–water partition coefficient (Wildman–Crippen LogP) is -0.380. The van der Waals surface area contributed by atoms with Gasteiger partial charge in [0.25, 0.3) is 0 Å². The van der Waals surface area contributed by atoms with Crippen molar-refractivity contribution in [1.82, 2.24) is 5.32 Å². The van der Waals surface area contributed by atoms with Crippen molar-refractivity contribution in [1.29, 1.82) is 0 Å². The van der Waals surface area contributed by atoms with Gasteiger partial charge in [0.2, 0.25) is 0 Å². The fraction of sp³-hybridized carbons (Fsp3) is 1.00. The van der Waals surface area contributed by atoms with E-state index in [9.17, 15) is 0 Å².